The number of anilines is 1. The number of carbonyl (C=O) groups is 2. The van der Waals surface area contributed by atoms with Crippen LogP contribution in [0.3, 0.4) is 0 Å². The zero-order chi connectivity index (χ0) is 27.5. The molecule has 39 heavy (non-hydrogen) atoms. The molecule has 0 bridgehead atoms. The van der Waals surface area contributed by atoms with Crippen molar-refractivity contribution < 1.29 is 9.59 Å². The second-order valence-electron chi connectivity index (χ2n) is 9.70. The summed E-state index contributed by atoms with van der Waals surface area (Å²) in [5.74, 6) is 0.458. The molecule has 1 atom stereocenters. The summed E-state index contributed by atoms with van der Waals surface area (Å²) in [6.45, 7) is 6.55. The number of thioether (sulfide) groups is 1. The summed E-state index contributed by atoms with van der Waals surface area (Å²) in [5, 5.41) is 8.45. The summed E-state index contributed by atoms with van der Waals surface area (Å²) in [7, 11) is 0. The van der Waals surface area contributed by atoms with E-state index in [9.17, 15) is 9.59 Å². The van der Waals surface area contributed by atoms with E-state index >= 15 is 0 Å². The first-order valence-electron chi connectivity index (χ1n) is 13.1. The van der Waals surface area contributed by atoms with Gasteiger partial charge in [-0.1, -0.05) is 84.8 Å². The van der Waals surface area contributed by atoms with E-state index in [1.54, 1.807) is 4.90 Å². The number of halogens is 1. The number of benzene rings is 3. The SMILES string of the molecule is CCCNC(=O)CN1C(=O)CSC(c2ccccc2Cl)c2c(-c3ccccc3)nn(-c3ccc(C)cc3C)c21. The largest absolute Gasteiger partial charge is 0.355 e. The molecule has 3 aromatic carbocycles. The van der Waals surface area contributed by atoms with E-state index < -0.39 is 0 Å². The number of nitrogens with zero attached hydrogens (tertiary/aromatic N) is 3. The second kappa shape index (κ2) is 11.7. The Morgan fingerprint density at radius 2 is 1.82 bits per heavy atom. The highest BCUT2D eigenvalue weighted by atomic mass is 35.5. The topological polar surface area (TPSA) is 67.2 Å². The number of hydrogen-bond acceptors (Lipinski definition) is 4. The fourth-order valence-corrected chi connectivity index (χ4v) is 6.48. The van der Waals surface area contributed by atoms with E-state index in [4.69, 9.17) is 16.7 Å². The summed E-state index contributed by atoms with van der Waals surface area (Å²) < 4.78 is 1.84. The van der Waals surface area contributed by atoms with Crippen molar-refractivity contribution in [2.45, 2.75) is 32.4 Å². The molecule has 0 saturated heterocycles. The zero-order valence-electron chi connectivity index (χ0n) is 22.3. The Balaban J connectivity index is 1.82. The number of hydrogen-bond donors (Lipinski definition) is 1. The van der Waals surface area contributed by atoms with E-state index in [0.717, 1.165) is 45.6 Å². The highest BCUT2D eigenvalue weighted by Gasteiger charge is 2.38. The van der Waals surface area contributed by atoms with Gasteiger partial charge >= 0.3 is 0 Å². The molecule has 0 fully saturated rings. The minimum Gasteiger partial charge on any atom is -0.355 e. The lowest BCUT2D eigenvalue weighted by atomic mass is 9.99. The first-order valence-corrected chi connectivity index (χ1v) is 14.5. The lowest BCUT2D eigenvalue weighted by Gasteiger charge is -2.24. The molecule has 0 aliphatic carbocycles. The normalized spacial score (nSPS) is 15.1. The van der Waals surface area contributed by atoms with Gasteiger partial charge in [-0.25, -0.2) is 4.68 Å². The lowest BCUT2D eigenvalue weighted by molar-refractivity contribution is -0.122. The van der Waals surface area contributed by atoms with Crippen molar-refractivity contribution in [2.75, 3.05) is 23.7 Å². The van der Waals surface area contributed by atoms with Crippen LogP contribution >= 0.6 is 23.4 Å². The van der Waals surface area contributed by atoms with Gasteiger partial charge in [-0.3, -0.25) is 14.5 Å². The number of carbonyl (C=O) groups excluding carboxylic acids is 2. The van der Waals surface area contributed by atoms with E-state index in [0.29, 0.717) is 17.4 Å². The molecule has 8 heteroatoms. The van der Waals surface area contributed by atoms with Crippen molar-refractivity contribution >= 4 is 41.0 Å². The number of aromatic nitrogens is 2. The monoisotopic (exact) mass is 558 g/mol. The van der Waals surface area contributed by atoms with Crippen molar-refractivity contribution in [1.29, 1.82) is 0 Å². The van der Waals surface area contributed by atoms with Gasteiger partial charge in [0.15, 0.2) is 0 Å². The Bertz CT molecular complexity index is 1520. The van der Waals surface area contributed by atoms with Crippen LogP contribution in [-0.4, -0.2) is 40.4 Å². The van der Waals surface area contributed by atoms with Crippen LogP contribution in [0.4, 0.5) is 5.82 Å². The van der Waals surface area contributed by atoms with E-state index in [1.807, 2.05) is 92.2 Å². The van der Waals surface area contributed by atoms with Gasteiger partial charge in [0.05, 0.1) is 22.4 Å². The van der Waals surface area contributed by atoms with Crippen LogP contribution in [0.5, 0.6) is 0 Å². The molecule has 1 aliphatic rings. The molecule has 1 aliphatic heterocycles. The number of fused-ring (bicyclic) bond motifs is 1. The minimum absolute atomic E-state index is 0.0908. The molecule has 5 rings (SSSR count). The smallest absolute Gasteiger partial charge is 0.240 e. The Hall–Kier alpha value is -3.55. The van der Waals surface area contributed by atoms with Crippen molar-refractivity contribution in [3.05, 3.63) is 100 Å². The quantitative estimate of drug-likeness (QED) is 0.281. The summed E-state index contributed by atoms with van der Waals surface area (Å²) in [4.78, 5) is 28.4. The number of rotatable bonds is 7. The molecule has 6 nitrogen and oxygen atoms in total. The Morgan fingerprint density at radius 3 is 2.54 bits per heavy atom. The molecule has 0 spiro atoms. The van der Waals surface area contributed by atoms with Crippen LogP contribution in [-0.2, 0) is 9.59 Å². The molecule has 1 aromatic heterocycles. The van der Waals surface area contributed by atoms with E-state index in [1.165, 1.54) is 11.8 Å². The van der Waals surface area contributed by atoms with Crippen LogP contribution in [0.25, 0.3) is 16.9 Å². The molecular formula is C31H31ClN4O2S. The van der Waals surface area contributed by atoms with Crippen LogP contribution in [0.15, 0.2) is 72.8 Å². The molecule has 1 N–H and O–H groups in total. The Labute approximate surface area is 238 Å². The predicted octanol–water partition coefficient (Wildman–Crippen LogP) is 6.50. The Kier molecular flexibility index (Phi) is 8.10. The van der Waals surface area contributed by atoms with Gasteiger partial charge in [-0.15, -0.1) is 11.8 Å². The summed E-state index contributed by atoms with van der Waals surface area (Å²) in [5.41, 5.74) is 6.48. The summed E-state index contributed by atoms with van der Waals surface area (Å²) in [6, 6.07) is 23.9. The maximum atomic E-state index is 13.8. The number of amides is 2. The molecular weight excluding hydrogens is 528 g/mol. The maximum absolute atomic E-state index is 13.8. The summed E-state index contributed by atoms with van der Waals surface area (Å²) in [6.07, 6.45) is 0.814. The molecule has 2 heterocycles. The van der Waals surface area contributed by atoms with Gasteiger partial charge in [0.1, 0.15) is 12.4 Å². The highest BCUT2D eigenvalue weighted by molar-refractivity contribution is 8.00. The van der Waals surface area contributed by atoms with Gasteiger partial charge < -0.3 is 5.32 Å². The molecule has 2 amide bonds. The number of aryl methyl sites for hydroxylation is 2. The van der Waals surface area contributed by atoms with Crippen LogP contribution in [0, 0.1) is 13.8 Å². The molecule has 0 saturated carbocycles. The average molecular weight is 559 g/mol. The molecule has 0 radical (unpaired) electrons. The second-order valence-corrected chi connectivity index (χ2v) is 11.2. The first kappa shape index (κ1) is 27.0. The van der Waals surface area contributed by atoms with Gasteiger partial charge in [-0.2, -0.15) is 5.10 Å². The fraction of sp³-hybridized carbons (Fsp3) is 0.258. The van der Waals surface area contributed by atoms with E-state index in [2.05, 4.69) is 11.4 Å². The third kappa shape index (κ3) is 5.47. The van der Waals surface area contributed by atoms with Crippen LogP contribution < -0.4 is 10.2 Å². The number of nitrogens with one attached hydrogen (secondary N) is 1. The summed E-state index contributed by atoms with van der Waals surface area (Å²) >= 11 is 8.27. The molecule has 200 valence electrons. The fourth-order valence-electron chi connectivity index (χ4n) is 4.94. The van der Waals surface area contributed by atoms with E-state index in [-0.39, 0.29) is 29.4 Å². The molecule has 1 unspecified atom stereocenters. The lowest BCUT2D eigenvalue weighted by Crippen LogP contribution is -2.42. The third-order valence-electron chi connectivity index (χ3n) is 6.78. The van der Waals surface area contributed by atoms with Gasteiger partial charge in [0.2, 0.25) is 11.8 Å². The third-order valence-corrected chi connectivity index (χ3v) is 8.36. The minimum atomic E-state index is -0.268. The predicted molar refractivity (Wildman–Crippen MR) is 160 cm³/mol. The van der Waals surface area contributed by atoms with Crippen molar-refractivity contribution in [1.82, 2.24) is 15.1 Å². The standard InChI is InChI=1S/C31H31ClN4O2S/c1-4-16-33-26(37)18-35-27(38)19-39-30(23-12-8-9-13-24(23)32)28-29(22-10-6-5-7-11-22)34-36(31(28)35)25-15-14-20(2)17-21(25)3/h5-15,17,30H,4,16,18-19H2,1-3H3,(H,33,37). The van der Waals surface area contributed by atoms with Crippen LogP contribution in [0.2, 0.25) is 5.02 Å². The maximum Gasteiger partial charge on any atom is 0.240 e. The first-order chi connectivity index (χ1) is 18.9. The average Bonchev–Trinajstić information content (AvgIpc) is 3.25. The van der Waals surface area contributed by atoms with Gasteiger partial charge in [0, 0.05) is 22.7 Å². The van der Waals surface area contributed by atoms with Crippen molar-refractivity contribution in [3.8, 4) is 16.9 Å². The zero-order valence-corrected chi connectivity index (χ0v) is 23.9. The van der Waals surface area contributed by atoms with Gasteiger partial charge in [-0.05, 0) is 43.5 Å². The Morgan fingerprint density at radius 1 is 1.08 bits per heavy atom. The van der Waals surface area contributed by atoms with Crippen molar-refractivity contribution in [2.24, 2.45) is 0 Å². The molecule has 4 aromatic rings. The van der Waals surface area contributed by atoms with Crippen LogP contribution in [0.1, 0.15) is 40.8 Å². The van der Waals surface area contributed by atoms with Crippen molar-refractivity contribution in [3.63, 3.8) is 0 Å². The van der Waals surface area contributed by atoms with Gasteiger partial charge in [0.25, 0.3) is 0 Å². The highest BCUT2D eigenvalue weighted by Crippen LogP contribution is 2.50.